The van der Waals surface area contributed by atoms with Crippen molar-refractivity contribution in [2.24, 2.45) is 5.73 Å². The fourth-order valence-corrected chi connectivity index (χ4v) is 5.91. The van der Waals surface area contributed by atoms with E-state index < -0.39 is 45.5 Å². The number of rotatable bonds is 6. The van der Waals surface area contributed by atoms with Crippen molar-refractivity contribution < 1.29 is 13.8 Å². The minimum absolute atomic E-state index is 0.0790. The molecule has 2 aromatic carbocycles. The van der Waals surface area contributed by atoms with Crippen LogP contribution in [0.5, 0.6) is 0 Å². The molecule has 2 amide bonds. The number of nitrogens with two attached hydrogens (primary N) is 1. The van der Waals surface area contributed by atoms with Gasteiger partial charge in [0.25, 0.3) is 0 Å². The van der Waals surface area contributed by atoms with Crippen molar-refractivity contribution in [3.8, 4) is 6.07 Å². The van der Waals surface area contributed by atoms with Gasteiger partial charge in [-0.1, -0.05) is 47.5 Å². The molecule has 3 N–H and O–H groups in total. The molecule has 2 aromatic rings. The monoisotopic (exact) mass is 504 g/mol. The molecule has 33 heavy (non-hydrogen) atoms. The number of halogens is 2. The second-order valence-corrected chi connectivity index (χ2v) is 10.8. The van der Waals surface area contributed by atoms with Gasteiger partial charge >= 0.3 is 0 Å². The van der Waals surface area contributed by atoms with Crippen LogP contribution in [0.4, 0.5) is 0 Å². The summed E-state index contributed by atoms with van der Waals surface area (Å²) >= 11 is 12.2. The summed E-state index contributed by atoms with van der Waals surface area (Å²) in [7, 11) is -1.54. The van der Waals surface area contributed by atoms with Crippen LogP contribution in [0.1, 0.15) is 30.9 Å². The van der Waals surface area contributed by atoms with E-state index in [0.29, 0.717) is 33.3 Å². The van der Waals surface area contributed by atoms with E-state index in [4.69, 9.17) is 28.9 Å². The Bertz CT molecular complexity index is 1150. The van der Waals surface area contributed by atoms with E-state index in [9.17, 15) is 19.1 Å². The third-order valence-electron chi connectivity index (χ3n) is 6.03. The SMILES string of the molecule is N#CC1(NC(=O)[C@@H]2CC(S(=O)c3ccccc3Cl)CN2C(=O)[C@H](N)c2ccc(Cl)cc2)CC1. The van der Waals surface area contributed by atoms with Crippen molar-refractivity contribution in [3.63, 3.8) is 0 Å². The number of carbonyl (C=O) groups is 2. The summed E-state index contributed by atoms with van der Waals surface area (Å²) < 4.78 is 13.3. The predicted octanol–water partition coefficient (Wildman–Crippen LogP) is 2.94. The van der Waals surface area contributed by atoms with Gasteiger partial charge in [0.1, 0.15) is 17.6 Å². The average Bonchev–Trinajstić information content (AvgIpc) is 3.44. The van der Waals surface area contributed by atoms with Crippen LogP contribution in [-0.4, -0.2) is 44.3 Å². The molecule has 2 unspecified atom stereocenters. The Morgan fingerprint density at radius 3 is 2.45 bits per heavy atom. The second-order valence-electron chi connectivity index (χ2n) is 8.30. The Balaban J connectivity index is 1.60. The first-order chi connectivity index (χ1) is 15.7. The molecule has 1 saturated heterocycles. The lowest BCUT2D eigenvalue weighted by Gasteiger charge is -2.27. The van der Waals surface area contributed by atoms with E-state index >= 15 is 0 Å². The van der Waals surface area contributed by atoms with Crippen molar-refractivity contribution in [2.45, 2.75) is 47.0 Å². The number of likely N-dealkylation sites (tertiary alicyclic amines) is 1. The summed E-state index contributed by atoms with van der Waals surface area (Å²) in [6.45, 7) is 0.0790. The van der Waals surface area contributed by atoms with Crippen LogP contribution in [-0.2, 0) is 20.4 Å². The zero-order valence-corrected chi connectivity index (χ0v) is 19.9. The molecule has 1 aliphatic carbocycles. The standard InChI is InChI=1S/C23H22Cl2N4O3S/c24-15-7-5-14(6-8-15)20(27)22(31)29-12-16(33(32)19-4-2-1-3-17(19)25)11-18(29)21(30)28-23(13-26)9-10-23/h1-8,16,18,20H,9-12,27H2,(H,28,30)/t16?,18-,20+,33?/m0/s1. The molecule has 4 rings (SSSR count). The topological polar surface area (TPSA) is 116 Å². The van der Waals surface area contributed by atoms with Crippen molar-refractivity contribution in [1.29, 1.82) is 5.26 Å². The summed E-state index contributed by atoms with van der Waals surface area (Å²) in [5.74, 6) is -0.901. The van der Waals surface area contributed by atoms with E-state index in [-0.39, 0.29) is 13.0 Å². The number of hydrogen-bond donors (Lipinski definition) is 2. The molecule has 10 heteroatoms. The minimum atomic E-state index is -1.54. The number of nitrogens with one attached hydrogen (secondary N) is 1. The van der Waals surface area contributed by atoms with E-state index in [0.717, 1.165) is 0 Å². The molecule has 0 aromatic heterocycles. The van der Waals surface area contributed by atoms with Gasteiger partial charge in [-0.25, -0.2) is 0 Å². The lowest BCUT2D eigenvalue weighted by atomic mass is 10.1. The lowest BCUT2D eigenvalue weighted by molar-refractivity contribution is -0.139. The summed E-state index contributed by atoms with van der Waals surface area (Å²) in [6.07, 6.45) is 1.30. The van der Waals surface area contributed by atoms with Gasteiger partial charge in [0.15, 0.2) is 0 Å². The van der Waals surface area contributed by atoms with Crippen molar-refractivity contribution >= 4 is 45.8 Å². The van der Waals surface area contributed by atoms with Crippen LogP contribution in [0, 0.1) is 11.3 Å². The molecule has 4 atom stereocenters. The average molecular weight is 505 g/mol. The minimum Gasteiger partial charge on any atom is -0.336 e. The molecule has 1 aliphatic heterocycles. The summed E-state index contributed by atoms with van der Waals surface area (Å²) in [6, 6.07) is 13.6. The maximum atomic E-state index is 13.4. The Morgan fingerprint density at radius 2 is 1.85 bits per heavy atom. The van der Waals surface area contributed by atoms with Crippen LogP contribution in [0.2, 0.25) is 10.0 Å². The maximum absolute atomic E-state index is 13.4. The third-order valence-corrected chi connectivity index (χ3v) is 8.46. The highest BCUT2D eigenvalue weighted by atomic mass is 35.5. The fraction of sp³-hybridized carbons (Fsp3) is 0.348. The summed E-state index contributed by atoms with van der Waals surface area (Å²) in [5.41, 5.74) is 5.90. The van der Waals surface area contributed by atoms with Crippen molar-refractivity contribution in [1.82, 2.24) is 10.2 Å². The smallest absolute Gasteiger partial charge is 0.244 e. The van der Waals surface area contributed by atoms with Crippen LogP contribution in [0.25, 0.3) is 0 Å². The lowest BCUT2D eigenvalue weighted by Crippen LogP contribution is -2.51. The Kier molecular flexibility index (Phi) is 6.78. The molecule has 0 bridgehead atoms. The largest absolute Gasteiger partial charge is 0.336 e. The van der Waals surface area contributed by atoms with Gasteiger partial charge in [0, 0.05) is 11.6 Å². The first-order valence-electron chi connectivity index (χ1n) is 10.4. The number of carbonyl (C=O) groups excluding carboxylic acids is 2. The molecule has 7 nitrogen and oxygen atoms in total. The highest BCUT2D eigenvalue weighted by Gasteiger charge is 2.49. The van der Waals surface area contributed by atoms with E-state index in [1.165, 1.54) is 4.90 Å². The van der Waals surface area contributed by atoms with E-state index in [1.807, 2.05) is 0 Å². The van der Waals surface area contributed by atoms with Gasteiger partial charge < -0.3 is 16.0 Å². The van der Waals surface area contributed by atoms with E-state index in [2.05, 4.69) is 11.4 Å². The van der Waals surface area contributed by atoms with E-state index in [1.54, 1.807) is 48.5 Å². The van der Waals surface area contributed by atoms with Crippen LogP contribution in [0.15, 0.2) is 53.4 Å². The number of nitrogens with zero attached hydrogens (tertiary/aromatic N) is 2. The van der Waals surface area contributed by atoms with Gasteiger partial charge in [-0.2, -0.15) is 5.26 Å². The van der Waals surface area contributed by atoms with Crippen molar-refractivity contribution in [3.05, 3.63) is 64.1 Å². The van der Waals surface area contributed by atoms with Crippen LogP contribution >= 0.6 is 23.2 Å². The van der Waals surface area contributed by atoms with Crippen LogP contribution in [0.3, 0.4) is 0 Å². The molecule has 0 radical (unpaired) electrons. The fourth-order valence-electron chi connectivity index (χ4n) is 3.93. The van der Waals surface area contributed by atoms with Gasteiger partial charge in [-0.05, 0) is 49.1 Å². The first-order valence-corrected chi connectivity index (χ1v) is 12.4. The highest BCUT2D eigenvalue weighted by Crippen LogP contribution is 2.36. The molecule has 1 saturated carbocycles. The Hall–Kier alpha value is -2.44. The second kappa shape index (κ2) is 9.43. The van der Waals surface area contributed by atoms with Crippen molar-refractivity contribution in [2.75, 3.05) is 6.54 Å². The predicted molar refractivity (Wildman–Crippen MR) is 126 cm³/mol. The normalized spacial score (nSPS) is 22.8. The van der Waals surface area contributed by atoms with Crippen LogP contribution < -0.4 is 11.1 Å². The molecule has 2 aliphatic rings. The molecule has 2 fully saturated rings. The first kappa shape index (κ1) is 23.7. The van der Waals surface area contributed by atoms with Gasteiger partial charge in [-0.3, -0.25) is 13.8 Å². The molecule has 0 spiro atoms. The number of hydrogen-bond acceptors (Lipinski definition) is 5. The Morgan fingerprint density at radius 1 is 1.18 bits per heavy atom. The maximum Gasteiger partial charge on any atom is 0.244 e. The third kappa shape index (κ3) is 4.92. The summed E-state index contributed by atoms with van der Waals surface area (Å²) in [5, 5.41) is 12.5. The number of amides is 2. The van der Waals surface area contributed by atoms with Gasteiger partial charge in [0.05, 0.1) is 32.0 Å². The highest BCUT2D eigenvalue weighted by molar-refractivity contribution is 7.85. The number of benzene rings is 2. The molecular weight excluding hydrogens is 483 g/mol. The molecule has 172 valence electrons. The molecular formula is C23H22Cl2N4O3S. The van der Waals surface area contributed by atoms with Gasteiger partial charge in [-0.15, -0.1) is 0 Å². The van der Waals surface area contributed by atoms with Gasteiger partial charge in [0.2, 0.25) is 11.8 Å². The quantitative estimate of drug-likeness (QED) is 0.626. The zero-order valence-electron chi connectivity index (χ0n) is 17.5. The number of nitriles is 1. The zero-order chi connectivity index (χ0) is 23.8. The summed E-state index contributed by atoms with van der Waals surface area (Å²) in [4.78, 5) is 28.3. The Labute approximate surface area is 204 Å². The molecule has 1 heterocycles.